The molecule has 0 saturated carbocycles. The molecule has 1 fully saturated rings. The molecule has 1 aliphatic rings. The second kappa shape index (κ2) is 7.50. The Morgan fingerprint density at radius 1 is 1.13 bits per heavy atom. The maximum Gasteiger partial charge on any atom is 0.227 e. The maximum atomic E-state index is 12.8. The van der Waals surface area contributed by atoms with E-state index in [9.17, 15) is 4.79 Å². The van der Waals surface area contributed by atoms with Gasteiger partial charge in [-0.3, -0.25) is 4.79 Å². The normalized spacial score (nSPS) is 14.9. The minimum atomic E-state index is -0.0416. The molecular weight excluding hydrogens is 384 g/mol. The van der Waals surface area contributed by atoms with Gasteiger partial charge in [0.15, 0.2) is 11.5 Å². The molecular formula is C19H20N10O. The minimum Gasteiger partial charge on any atom is -0.355 e. The van der Waals surface area contributed by atoms with E-state index < -0.39 is 0 Å². The Balaban J connectivity index is 1.22. The first-order valence-electron chi connectivity index (χ1n) is 9.73. The fraction of sp³-hybridized carbons (Fsp3) is 0.316. The van der Waals surface area contributed by atoms with Crippen LogP contribution in [0.15, 0.2) is 42.7 Å². The van der Waals surface area contributed by atoms with E-state index in [4.69, 9.17) is 0 Å². The number of carbonyl (C=O) groups excluding carboxylic acids is 1. The van der Waals surface area contributed by atoms with Crippen LogP contribution < -0.4 is 10.2 Å². The first kappa shape index (κ1) is 18.2. The van der Waals surface area contributed by atoms with Crippen molar-refractivity contribution in [2.45, 2.75) is 12.8 Å². The summed E-state index contributed by atoms with van der Waals surface area (Å²) < 4.78 is 3.26. The number of tetrazole rings is 1. The molecule has 152 valence electrons. The summed E-state index contributed by atoms with van der Waals surface area (Å²) in [5, 5.41) is 26.9. The number of fused-ring (bicyclic) bond motifs is 1. The Bertz CT molecular complexity index is 1190. The first-order chi connectivity index (χ1) is 14.7. The smallest absolute Gasteiger partial charge is 0.227 e. The molecule has 30 heavy (non-hydrogen) atoms. The van der Waals surface area contributed by atoms with E-state index >= 15 is 0 Å². The van der Waals surface area contributed by atoms with E-state index in [0.717, 1.165) is 43.0 Å². The highest BCUT2D eigenvalue weighted by Gasteiger charge is 2.26. The van der Waals surface area contributed by atoms with Gasteiger partial charge in [-0.1, -0.05) is 12.1 Å². The van der Waals surface area contributed by atoms with Crippen molar-refractivity contribution < 1.29 is 4.79 Å². The van der Waals surface area contributed by atoms with Crippen molar-refractivity contribution in [2.75, 3.05) is 23.3 Å². The summed E-state index contributed by atoms with van der Waals surface area (Å²) >= 11 is 0. The molecule has 5 rings (SSSR count). The monoisotopic (exact) mass is 404 g/mol. The Labute approximate surface area is 171 Å². The zero-order chi connectivity index (χ0) is 20.5. The molecule has 4 aromatic rings. The molecule has 0 bridgehead atoms. The van der Waals surface area contributed by atoms with E-state index in [-0.39, 0.29) is 11.8 Å². The van der Waals surface area contributed by atoms with Crippen LogP contribution in [0.25, 0.3) is 17.0 Å². The van der Waals surface area contributed by atoms with Crippen molar-refractivity contribution in [2.24, 2.45) is 13.0 Å². The number of aromatic nitrogens is 8. The number of benzene rings is 1. The third-order valence-electron chi connectivity index (χ3n) is 5.35. The van der Waals surface area contributed by atoms with Gasteiger partial charge in [0.25, 0.3) is 0 Å². The SMILES string of the molecule is Cn1nnnc1-c1cccc(NC(=O)C2CCN(c3ccc4nncn4n3)CC2)c1. The van der Waals surface area contributed by atoms with E-state index in [2.05, 4.69) is 41.0 Å². The molecule has 1 N–H and O–H groups in total. The van der Waals surface area contributed by atoms with Crippen LogP contribution in [-0.2, 0) is 11.8 Å². The number of hydrogen-bond acceptors (Lipinski definition) is 8. The quantitative estimate of drug-likeness (QED) is 0.538. The maximum absolute atomic E-state index is 12.8. The molecule has 3 aromatic heterocycles. The number of nitrogens with one attached hydrogen (secondary N) is 1. The molecule has 0 unspecified atom stereocenters. The van der Waals surface area contributed by atoms with E-state index in [1.54, 1.807) is 22.6 Å². The van der Waals surface area contributed by atoms with Crippen LogP contribution in [0.2, 0.25) is 0 Å². The van der Waals surface area contributed by atoms with Gasteiger partial charge in [0.05, 0.1) is 0 Å². The molecule has 0 aliphatic carbocycles. The lowest BCUT2D eigenvalue weighted by atomic mass is 9.95. The Hall–Kier alpha value is -3.89. The number of nitrogens with zero attached hydrogens (tertiary/aromatic N) is 9. The molecule has 1 aliphatic heterocycles. The minimum absolute atomic E-state index is 0.0325. The van der Waals surface area contributed by atoms with Crippen LogP contribution in [-0.4, -0.2) is 59.0 Å². The van der Waals surface area contributed by atoms with Gasteiger partial charge in [-0.15, -0.1) is 20.4 Å². The van der Waals surface area contributed by atoms with Crippen LogP contribution in [0.1, 0.15) is 12.8 Å². The van der Waals surface area contributed by atoms with E-state index in [1.165, 1.54) is 0 Å². The van der Waals surface area contributed by atoms with Crippen molar-refractivity contribution in [3.63, 3.8) is 0 Å². The molecule has 0 spiro atoms. The largest absolute Gasteiger partial charge is 0.355 e. The van der Waals surface area contributed by atoms with Gasteiger partial charge < -0.3 is 10.2 Å². The lowest BCUT2D eigenvalue weighted by Crippen LogP contribution is -2.38. The molecule has 1 aromatic carbocycles. The van der Waals surface area contributed by atoms with E-state index in [0.29, 0.717) is 11.5 Å². The predicted octanol–water partition coefficient (Wildman–Crippen LogP) is 1.17. The van der Waals surface area contributed by atoms with Crippen LogP contribution in [0.3, 0.4) is 0 Å². The predicted molar refractivity (Wildman–Crippen MR) is 109 cm³/mol. The Kier molecular flexibility index (Phi) is 4.54. The lowest BCUT2D eigenvalue weighted by Gasteiger charge is -2.32. The zero-order valence-corrected chi connectivity index (χ0v) is 16.4. The fourth-order valence-corrected chi connectivity index (χ4v) is 3.71. The zero-order valence-electron chi connectivity index (χ0n) is 16.4. The summed E-state index contributed by atoms with van der Waals surface area (Å²) in [6.45, 7) is 1.53. The van der Waals surface area contributed by atoms with Gasteiger partial charge in [0.2, 0.25) is 5.91 Å². The first-order valence-corrected chi connectivity index (χ1v) is 9.73. The van der Waals surface area contributed by atoms with Crippen LogP contribution in [0.5, 0.6) is 0 Å². The molecule has 1 amide bonds. The van der Waals surface area contributed by atoms with Crippen molar-refractivity contribution in [1.82, 2.24) is 40.0 Å². The second-order valence-electron chi connectivity index (χ2n) is 7.28. The number of amides is 1. The summed E-state index contributed by atoms with van der Waals surface area (Å²) in [5.41, 5.74) is 2.31. The summed E-state index contributed by atoms with van der Waals surface area (Å²) in [5.74, 6) is 1.51. The van der Waals surface area contributed by atoms with Gasteiger partial charge in [0, 0.05) is 37.3 Å². The number of rotatable bonds is 4. The third-order valence-corrected chi connectivity index (χ3v) is 5.35. The Morgan fingerprint density at radius 3 is 2.80 bits per heavy atom. The van der Waals surface area contributed by atoms with Crippen molar-refractivity contribution in [3.8, 4) is 11.4 Å². The highest BCUT2D eigenvalue weighted by atomic mass is 16.1. The number of aryl methyl sites for hydroxylation is 1. The molecule has 0 radical (unpaired) electrons. The van der Waals surface area contributed by atoms with Crippen molar-refractivity contribution in [3.05, 3.63) is 42.7 Å². The van der Waals surface area contributed by atoms with Crippen LogP contribution in [0, 0.1) is 5.92 Å². The second-order valence-corrected chi connectivity index (χ2v) is 7.28. The molecule has 11 heteroatoms. The van der Waals surface area contributed by atoms with Crippen LogP contribution >= 0.6 is 0 Å². The standard InChI is InChI=1S/C19H20N10O/c1-27-18(23-25-26-27)14-3-2-4-15(11-14)21-19(30)13-7-9-28(10-8-13)17-6-5-16-22-20-12-29(16)24-17/h2-6,11-13H,7-10H2,1H3,(H,21,30). The topological polar surface area (TPSA) is 119 Å². The molecule has 0 atom stereocenters. The van der Waals surface area contributed by atoms with E-state index in [1.807, 2.05) is 36.4 Å². The van der Waals surface area contributed by atoms with Crippen LogP contribution in [0.4, 0.5) is 11.5 Å². The van der Waals surface area contributed by atoms with Gasteiger partial charge in [-0.2, -0.15) is 4.52 Å². The summed E-state index contributed by atoms with van der Waals surface area (Å²) in [4.78, 5) is 15.0. The highest BCUT2D eigenvalue weighted by Crippen LogP contribution is 2.24. The Morgan fingerprint density at radius 2 is 2.00 bits per heavy atom. The third kappa shape index (κ3) is 3.45. The van der Waals surface area contributed by atoms with Gasteiger partial charge in [0.1, 0.15) is 12.1 Å². The molecule has 1 saturated heterocycles. The summed E-state index contributed by atoms with van der Waals surface area (Å²) in [7, 11) is 1.78. The van der Waals surface area contributed by atoms with Gasteiger partial charge >= 0.3 is 0 Å². The average molecular weight is 404 g/mol. The highest BCUT2D eigenvalue weighted by molar-refractivity contribution is 5.93. The summed E-state index contributed by atoms with van der Waals surface area (Å²) in [6, 6.07) is 11.4. The molecule has 4 heterocycles. The number of anilines is 2. The summed E-state index contributed by atoms with van der Waals surface area (Å²) in [6.07, 6.45) is 3.12. The van der Waals surface area contributed by atoms with Crippen molar-refractivity contribution in [1.29, 1.82) is 0 Å². The van der Waals surface area contributed by atoms with Gasteiger partial charge in [-0.25, -0.2) is 4.68 Å². The number of piperidine rings is 1. The fourth-order valence-electron chi connectivity index (χ4n) is 3.71. The average Bonchev–Trinajstić information content (AvgIpc) is 3.42. The number of carbonyl (C=O) groups is 1. The molecule has 11 nitrogen and oxygen atoms in total. The van der Waals surface area contributed by atoms with Gasteiger partial charge in [-0.05, 0) is 47.5 Å². The number of hydrogen-bond donors (Lipinski definition) is 1. The van der Waals surface area contributed by atoms with Crippen molar-refractivity contribution >= 4 is 23.1 Å². The lowest BCUT2D eigenvalue weighted by molar-refractivity contribution is -0.120.